The van der Waals surface area contributed by atoms with Crippen LogP contribution in [-0.4, -0.2) is 12.9 Å². The van der Waals surface area contributed by atoms with E-state index in [0.29, 0.717) is 18.4 Å². The third kappa shape index (κ3) is 8.93. The quantitative estimate of drug-likeness (QED) is 0.495. The molecule has 2 heteroatoms. The van der Waals surface area contributed by atoms with Gasteiger partial charge in [-0.1, -0.05) is 54.4 Å². The molecule has 0 rings (SSSR count). The van der Waals surface area contributed by atoms with Gasteiger partial charge in [0, 0.05) is 6.42 Å². The van der Waals surface area contributed by atoms with Gasteiger partial charge in [0.05, 0.1) is 6.61 Å². The highest BCUT2D eigenvalue weighted by atomic mass is 16.6. The number of rotatable bonds is 10. The van der Waals surface area contributed by atoms with Gasteiger partial charge in [0.15, 0.2) is 6.29 Å². The smallest absolute Gasteiger partial charge is 0.191 e. The summed E-state index contributed by atoms with van der Waals surface area (Å²) in [5.41, 5.74) is 0.574. The summed E-state index contributed by atoms with van der Waals surface area (Å²) in [5, 5.41) is 11.7. The summed E-state index contributed by atoms with van der Waals surface area (Å²) >= 11 is 0. The molecule has 1 unspecified atom stereocenters. The molecule has 18 heavy (non-hydrogen) atoms. The van der Waals surface area contributed by atoms with Crippen LogP contribution >= 0.6 is 0 Å². The van der Waals surface area contributed by atoms with Crippen molar-refractivity contribution in [2.24, 2.45) is 10.8 Å². The predicted octanol–water partition coefficient (Wildman–Crippen LogP) is 5.19. The Bertz CT molecular complexity index is 209. The fourth-order valence-corrected chi connectivity index (χ4v) is 2.04. The van der Waals surface area contributed by atoms with Crippen LogP contribution in [0.3, 0.4) is 0 Å². The molecule has 0 fully saturated rings. The minimum atomic E-state index is -0.840. The third-order valence-corrected chi connectivity index (χ3v) is 4.02. The lowest BCUT2D eigenvalue weighted by Crippen LogP contribution is -2.20. The standard InChI is InChI=1S/C16H33O2/c1-7-10-16(5,6)12-13-18-14(17)9-11-15(3,4)8-2/h14H,7-13H2,1-6H3. The van der Waals surface area contributed by atoms with Crippen molar-refractivity contribution < 1.29 is 9.84 Å². The molecule has 0 spiro atoms. The van der Waals surface area contributed by atoms with Gasteiger partial charge in [-0.05, 0) is 30.1 Å². The second-order valence-electron chi connectivity index (χ2n) is 7.02. The molecule has 0 aliphatic carbocycles. The highest BCUT2D eigenvalue weighted by molar-refractivity contribution is 4.68. The van der Waals surface area contributed by atoms with Gasteiger partial charge < -0.3 is 4.74 Å². The number of hydrogen-bond donors (Lipinski definition) is 0. The largest absolute Gasteiger partial charge is 0.350 e. The molecule has 0 amide bonds. The van der Waals surface area contributed by atoms with Gasteiger partial charge in [-0.15, -0.1) is 0 Å². The lowest BCUT2D eigenvalue weighted by atomic mass is 9.85. The van der Waals surface area contributed by atoms with Crippen molar-refractivity contribution in [3.63, 3.8) is 0 Å². The zero-order valence-electron chi connectivity index (χ0n) is 13.3. The van der Waals surface area contributed by atoms with Crippen molar-refractivity contribution >= 4 is 0 Å². The van der Waals surface area contributed by atoms with Gasteiger partial charge in [-0.25, -0.2) is 5.11 Å². The first-order chi connectivity index (χ1) is 8.22. The van der Waals surface area contributed by atoms with E-state index >= 15 is 0 Å². The maximum Gasteiger partial charge on any atom is 0.191 e. The van der Waals surface area contributed by atoms with Gasteiger partial charge in [0.25, 0.3) is 0 Å². The summed E-state index contributed by atoms with van der Waals surface area (Å²) in [7, 11) is 0. The summed E-state index contributed by atoms with van der Waals surface area (Å²) in [6.07, 6.45) is 5.24. The van der Waals surface area contributed by atoms with E-state index in [1.807, 2.05) is 0 Å². The molecule has 0 heterocycles. The van der Waals surface area contributed by atoms with Crippen LogP contribution in [0.15, 0.2) is 0 Å². The second-order valence-corrected chi connectivity index (χ2v) is 7.02. The molecule has 0 aromatic heterocycles. The summed E-state index contributed by atoms with van der Waals surface area (Å²) in [6.45, 7) is 13.9. The Kier molecular flexibility index (Phi) is 8.13. The van der Waals surface area contributed by atoms with E-state index in [1.54, 1.807) is 0 Å². The van der Waals surface area contributed by atoms with Crippen LogP contribution in [0, 0.1) is 10.8 Å². The average Bonchev–Trinajstić information content (AvgIpc) is 2.26. The summed E-state index contributed by atoms with van der Waals surface area (Å²) in [4.78, 5) is 0. The molecule has 109 valence electrons. The predicted molar refractivity (Wildman–Crippen MR) is 77.0 cm³/mol. The monoisotopic (exact) mass is 257 g/mol. The Morgan fingerprint density at radius 2 is 1.56 bits per heavy atom. The van der Waals surface area contributed by atoms with Gasteiger partial charge in [0.1, 0.15) is 0 Å². The third-order valence-electron chi connectivity index (χ3n) is 4.02. The fraction of sp³-hybridized carbons (Fsp3) is 1.00. The zero-order valence-corrected chi connectivity index (χ0v) is 13.3. The van der Waals surface area contributed by atoms with E-state index < -0.39 is 6.29 Å². The van der Waals surface area contributed by atoms with Crippen molar-refractivity contribution in [1.82, 2.24) is 0 Å². The number of ether oxygens (including phenoxy) is 1. The van der Waals surface area contributed by atoms with E-state index in [9.17, 15) is 5.11 Å². The van der Waals surface area contributed by atoms with Gasteiger partial charge in [0.2, 0.25) is 0 Å². The SMILES string of the molecule is CCCC(C)(C)CCOC([O])CCC(C)(C)CC. The first kappa shape index (κ1) is 17.9. The van der Waals surface area contributed by atoms with Crippen molar-refractivity contribution in [1.29, 1.82) is 0 Å². The Morgan fingerprint density at radius 1 is 0.944 bits per heavy atom. The maximum absolute atomic E-state index is 11.7. The Balaban J connectivity index is 3.74. The molecular formula is C16H33O2. The summed E-state index contributed by atoms with van der Waals surface area (Å²) in [6, 6.07) is 0. The highest BCUT2D eigenvalue weighted by Gasteiger charge is 2.20. The van der Waals surface area contributed by atoms with Crippen LogP contribution in [0.1, 0.15) is 80.1 Å². The highest BCUT2D eigenvalue weighted by Crippen LogP contribution is 2.28. The molecule has 0 bridgehead atoms. The van der Waals surface area contributed by atoms with Crippen molar-refractivity contribution in [2.45, 2.75) is 86.4 Å². The van der Waals surface area contributed by atoms with E-state index in [-0.39, 0.29) is 5.41 Å². The first-order valence-electron chi connectivity index (χ1n) is 7.50. The van der Waals surface area contributed by atoms with Crippen molar-refractivity contribution in [3.05, 3.63) is 0 Å². The van der Waals surface area contributed by atoms with Gasteiger partial charge in [-0.2, -0.15) is 0 Å². The van der Waals surface area contributed by atoms with E-state index in [2.05, 4.69) is 41.5 Å². The van der Waals surface area contributed by atoms with Crippen LogP contribution < -0.4 is 0 Å². The molecule has 1 atom stereocenters. The second kappa shape index (κ2) is 8.16. The lowest BCUT2D eigenvalue weighted by Gasteiger charge is -2.25. The molecule has 0 N–H and O–H groups in total. The fourth-order valence-electron chi connectivity index (χ4n) is 2.04. The van der Waals surface area contributed by atoms with E-state index in [1.165, 1.54) is 12.8 Å². The molecule has 0 aliphatic heterocycles. The van der Waals surface area contributed by atoms with Crippen molar-refractivity contribution in [3.8, 4) is 0 Å². The summed E-state index contributed by atoms with van der Waals surface area (Å²) < 4.78 is 5.41. The Morgan fingerprint density at radius 3 is 2.06 bits per heavy atom. The minimum absolute atomic E-state index is 0.271. The Labute approximate surface area is 114 Å². The molecule has 2 nitrogen and oxygen atoms in total. The molecule has 0 saturated carbocycles. The summed E-state index contributed by atoms with van der Waals surface area (Å²) in [5.74, 6) is 0. The molecule has 1 radical (unpaired) electrons. The maximum atomic E-state index is 11.7. The molecule has 0 aliphatic rings. The number of hydrogen-bond acceptors (Lipinski definition) is 1. The topological polar surface area (TPSA) is 29.1 Å². The zero-order chi connectivity index (χ0) is 14.2. The average molecular weight is 257 g/mol. The van der Waals surface area contributed by atoms with Crippen LogP contribution in [0.4, 0.5) is 0 Å². The van der Waals surface area contributed by atoms with Crippen LogP contribution in [-0.2, 0) is 9.84 Å². The van der Waals surface area contributed by atoms with E-state index in [0.717, 1.165) is 19.3 Å². The first-order valence-corrected chi connectivity index (χ1v) is 7.50. The molecule has 0 saturated heterocycles. The molecule has 0 aromatic carbocycles. The lowest BCUT2D eigenvalue weighted by molar-refractivity contribution is -0.151. The van der Waals surface area contributed by atoms with Crippen LogP contribution in [0.5, 0.6) is 0 Å². The molecule has 0 aromatic rings. The van der Waals surface area contributed by atoms with Crippen LogP contribution in [0.25, 0.3) is 0 Å². The minimum Gasteiger partial charge on any atom is -0.350 e. The molecular weight excluding hydrogens is 224 g/mol. The van der Waals surface area contributed by atoms with Gasteiger partial charge >= 0.3 is 0 Å². The normalized spacial score (nSPS) is 14.8. The Hall–Kier alpha value is -0.0800. The van der Waals surface area contributed by atoms with E-state index in [4.69, 9.17) is 4.74 Å². The van der Waals surface area contributed by atoms with Gasteiger partial charge in [-0.3, -0.25) is 0 Å². The van der Waals surface area contributed by atoms with Crippen molar-refractivity contribution in [2.75, 3.05) is 6.61 Å². The van der Waals surface area contributed by atoms with Crippen LogP contribution in [0.2, 0.25) is 0 Å².